The lowest BCUT2D eigenvalue weighted by Gasteiger charge is -2.29. The van der Waals surface area contributed by atoms with E-state index in [-0.39, 0.29) is 22.0 Å². The predicted octanol–water partition coefficient (Wildman–Crippen LogP) is 2.85. The zero-order valence-electron chi connectivity index (χ0n) is 15.9. The molecule has 0 amide bonds. The number of nitrogens with zero attached hydrogens (tertiary/aromatic N) is 4. The van der Waals surface area contributed by atoms with Crippen molar-refractivity contribution in [2.75, 3.05) is 0 Å². The fraction of sp³-hybridized carbons (Fsp3) is 0.588. The van der Waals surface area contributed by atoms with Crippen LogP contribution in [0.3, 0.4) is 0 Å². The molecule has 1 unspecified atom stereocenters. The van der Waals surface area contributed by atoms with E-state index in [1.807, 2.05) is 13.8 Å². The van der Waals surface area contributed by atoms with Crippen molar-refractivity contribution in [1.82, 2.24) is 9.91 Å². The smallest absolute Gasteiger partial charge is 0.261 e. The van der Waals surface area contributed by atoms with E-state index in [0.717, 1.165) is 0 Å². The van der Waals surface area contributed by atoms with E-state index in [0.29, 0.717) is 5.56 Å². The van der Waals surface area contributed by atoms with Gasteiger partial charge in [-0.05, 0) is 45.2 Å². The van der Waals surface area contributed by atoms with Gasteiger partial charge in [0.15, 0.2) is 0 Å². The molecule has 8 nitrogen and oxygen atoms in total. The molecule has 1 aliphatic heterocycles. The van der Waals surface area contributed by atoms with Crippen LogP contribution in [0.2, 0.25) is 0 Å². The van der Waals surface area contributed by atoms with E-state index >= 15 is 0 Å². The molecule has 0 aliphatic carbocycles. The average Bonchev–Trinajstić information content (AvgIpc) is 2.96. The Morgan fingerprint density at radius 3 is 2.12 bits per heavy atom. The standard InChI is InChI=1S/C17H26N4O4S/c1-11(2)14-9-7-8-10-15(14)26(24,25)16-18-20(13(5)6)17(21(22)23)19(16)12(3)4/h7-13,17H,1-6H3. The summed E-state index contributed by atoms with van der Waals surface area (Å²) in [6.45, 7) is 10.8. The number of hydrogen-bond acceptors (Lipinski definition) is 7. The maximum absolute atomic E-state index is 13.4. The van der Waals surface area contributed by atoms with Crippen LogP contribution in [0, 0.1) is 10.1 Å². The van der Waals surface area contributed by atoms with Gasteiger partial charge in [-0.2, -0.15) is 0 Å². The molecule has 1 heterocycles. The van der Waals surface area contributed by atoms with Crippen molar-refractivity contribution in [3.05, 3.63) is 39.9 Å². The molecule has 9 heteroatoms. The van der Waals surface area contributed by atoms with Crippen LogP contribution in [0.5, 0.6) is 0 Å². The van der Waals surface area contributed by atoms with E-state index in [9.17, 15) is 18.5 Å². The molecule has 1 aliphatic rings. The van der Waals surface area contributed by atoms with Crippen LogP contribution >= 0.6 is 0 Å². The molecule has 144 valence electrons. The van der Waals surface area contributed by atoms with E-state index < -0.39 is 27.1 Å². The predicted molar refractivity (Wildman–Crippen MR) is 99.9 cm³/mol. The third kappa shape index (κ3) is 3.40. The third-order valence-electron chi connectivity index (χ3n) is 4.25. The number of hydrazone groups is 1. The number of sulfone groups is 1. The summed E-state index contributed by atoms with van der Waals surface area (Å²) in [7, 11) is -4.01. The van der Waals surface area contributed by atoms with E-state index in [4.69, 9.17) is 0 Å². The number of amidine groups is 1. The van der Waals surface area contributed by atoms with Crippen molar-refractivity contribution < 1.29 is 13.3 Å². The third-order valence-corrected chi connectivity index (χ3v) is 5.98. The molecule has 0 spiro atoms. The zero-order chi connectivity index (χ0) is 19.8. The minimum absolute atomic E-state index is 0.0111. The molecular formula is C17H26N4O4S. The Hall–Kier alpha value is -2.16. The lowest BCUT2D eigenvalue weighted by atomic mass is 10.0. The average molecular weight is 382 g/mol. The van der Waals surface area contributed by atoms with Gasteiger partial charge in [-0.1, -0.05) is 32.0 Å². The molecule has 0 saturated carbocycles. The highest BCUT2D eigenvalue weighted by Crippen LogP contribution is 2.31. The minimum atomic E-state index is -4.01. The highest BCUT2D eigenvalue weighted by molar-refractivity contribution is 8.06. The number of hydrogen-bond donors (Lipinski definition) is 0. The fourth-order valence-corrected chi connectivity index (χ4v) is 4.84. The Morgan fingerprint density at radius 2 is 1.65 bits per heavy atom. The Bertz CT molecular complexity index is 818. The van der Waals surface area contributed by atoms with Crippen LogP contribution in [0.4, 0.5) is 0 Å². The largest absolute Gasteiger partial charge is 0.385 e. The lowest BCUT2D eigenvalue weighted by molar-refractivity contribution is -0.574. The highest BCUT2D eigenvalue weighted by atomic mass is 32.2. The second-order valence-corrected chi connectivity index (χ2v) is 9.00. The van der Waals surface area contributed by atoms with Crippen molar-refractivity contribution in [3.63, 3.8) is 0 Å². The molecule has 1 atom stereocenters. The van der Waals surface area contributed by atoms with Crippen LogP contribution in [0.15, 0.2) is 34.3 Å². The molecule has 0 fully saturated rings. The van der Waals surface area contributed by atoms with Gasteiger partial charge in [0.1, 0.15) is 0 Å². The quantitative estimate of drug-likeness (QED) is 0.574. The van der Waals surface area contributed by atoms with Gasteiger partial charge in [0.05, 0.1) is 15.9 Å². The van der Waals surface area contributed by atoms with Crippen LogP contribution in [-0.4, -0.2) is 46.8 Å². The van der Waals surface area contributed by atoms with Crippen LogP contribution in [-0.2, 0) is 9.84 Å². The Balaban J connectivity index is 2.67. The Morgan fingerprint density at radius 1 is 1.08 bits per heavy atom. The van der Waals surface area contributed by atoms with E-state index in [1.54, 1.807) is 45.9 Å². The van der Waals surface area contributed by atoms with Gasteiger partial charge in [0.2, 0.25) is 9.84 Å². The van der Waals surface area contributed by atoms with E-state index in [2.05, 4.69) is 5.10 Å². The molecule has 0 N–H and O–H groups in total. The van der Waals surface area contributed by atoms with Gasteiger partial charge in [-0.25, -0.2) is 13.4 Å². The molecule has 1 aromatic carbocycles. The summed E-state index contributed by atoms with van der Waals surface area (Å²) in [6, 6.07) is 6.00. The van der Waals surface area contributed by atoms with Gasteiger partial charge in [-0.15, -0.1) is 5.10 Å². The summed E-state index contributed by atoms with van der Waals surface area (Å²) in [5.41, 5.74) is 0.666. The highest BCUT2D eigenvalue weighted by Gasteiger charge is 2.50. The minimum Gasteiger partial charge on any atom is -0.261 e. The molecule has 1 aromatic rings. The van der Waals surface area contributed by atoms with E-state index in [1.165, 1.54) is 16.0 Å². The van der Waals surface area contributed by atoms with Gasteiger partial charge in [0.25, 0.3) is 5.17 Å². The summed E-state index contributed by atoms with van der Waals surface area (Å²) < 4.78 is 26.8. The molecule has 0 bridgehead atoms. The zero-order valence-corrected chi connectivity index (χ0v) is 16.8. The molecule has 0 radical (unpaired) electrons. The van der Waals surface area contributed by atoms with Crippen LogP contribution < -0.4 is 0 Å². The summed E-state index contributed by atoms with van der Waals surface area (Å²) in [4.78, 5) is 12.6. The number of benzene rings is 1. The summed E-state index contributed by atoms with van der Waals surface area (Å²) in [6.07, 6.45) is -1.34. The van der Waals surface area contributed by atoms with Crippen molar-refractivity contribution in [2.45, 2.75) is 70.7 Å². The summed E-state index contributed by atoms with van der Waals surface area (Å²) in [5, 5.41) is 16.8. The Kier molecular flexibility index (Phi) is 5.60. The van der Waals surface area contributed by atoms with Crippen LogP contribution in [0.1, 0.15) is 53.0 Å². The summed E-state index contributed by atoms with van der Waals surface area (Å²) in [5.74, 6) is -0.0111. The van der Waals surface area contributed by atoms with Crippen molar-refractivity contribution in [2.24, 2.45) is 5.10 Å². The first-order chi connectivity index (χ1) is 12.0. The molecule has 0 aromatic heterocycles. The number of nitro groups is 1. The SMILES string of the molecule is CC(C)c1ccccc1S(=O)(=O)C1=NN(C(C)C)C([N+](=O)[O-])N1C(C)C. The normalized spacial score (nSPS) is 18.2. The second kappa shape index (κ2) is 7.22. The van der Waals surface area contributed by atoms with Gasteiger partial charge in [0, 0.05) is 6.04 Å². The topological polar surface area (TPSA) is 96.1 Å². The fourth-order valence-electron chi connectivity index (χ4n) is 2.99. The van der Waals surface area contributed by atoms with Gasteiger partial charge < -0.3 is 0 Å². The molecular weight excluding hydrogens is 356 g/mol. The number of rotatable bonds is 5. The molecule has 26 heavy (non-hydrogen) atoms. The van der Waals surface area contributed by atoms with Crippen LogP contribution in [0.25, 0.3) is 0 Å². The van der Waals surface area contributed by atoms with Crippen molar-refractivity contribution >= 4 is 15.0 Å². The maximum Gasteiger partial charge on any atom is 0.385 e. The Labute approximate surface area is 154 Å². The first-order valence-corrected chi connectivity index (χ1v) is 10.1. The van der Waals surface area contributed by atoms with Gasteiger partial charge in [-0.3, -0.25) is 15.0 Å². The van der Waals surface area contributed by atoms with Gasteiger partial charge >= 0.3 is 6.29 Å². The lowest BCUT2D eigenvalue weighted by Crippen LogP contribution is -2.53. The maximum atomic E-state index is 13.4. The monoisotopic (exact) mass is 382 g/mol. The molecule has 2 rings (SSSR count). The van der Waals surface area contributed by atoms with Crippen molar-refractivity contribution in [1.29, 1.82) is 0 Å². The van der Waals surface area contributed by atoms with Crippen molar-refractivity contribution in [3.8, 4) is 0 Å². The second-order valence-electron chi connectivity index (χ2n) is 7.19. The first-order valence-electron chi connectivity index (χ1n) is 8.63. The molecule has 0 saturated heterocycles. The summed E-state index contributed by atoms with van der Waals surface area (Å²) >= 11 is 0. The first kappa shape index (κ1) is 20.2.